The lowest BCUT2D eigenvalue weighted by atomic mass is 9.97. The molecule has 6 heteroatoms. The van der Waals surface area contributed by atoms with Gasteiger partial charge >= 0.3 is 5.97 Å². The molecule has 102 valence electrons. The van der Waals surface area contributed by atoms with Crippen molar-refractivity contribution in [3.05, 3.63) is 33.9 Å². The van der Waals surface area contributed by atoms with Crippen LogP contribution in [-0.4, -0.2) is 22.1 Å². The third-order valence-electron chi connectivity index (χ3n) is 3.25. The second-order valence-electron chi connectivity index (χ2n) is 4.62. The molecule has 1 aliphatic rings. The van der Waals surface area contributed by atoms with Crippen molar-refractivity contribution in [3.63, 3.8) is 0 Å². The highest BCUT2D eigenvalue weighted by Gasteiger charge is 2.21. The Balaban J connectivity index is 2.23. The van der Waals surface area contributed by atoms with E-state index in [1.807, 2.05) is 0 Å². The number of carboxylic acid groups (broad SMARTS) is 1. The fraction of sp³-hybridized carbons (Fsp3) is 0.462. The number of nitro benzene ring substituents is 1. The number of hydrogen-bond donors (Lipinski definition) is 1. The third-order valence-corrected chi connectivity index (χ3v) is 3.25. The molecule has 6 nitrogen and oxygen atoms in total. The van der Waals surface area contributed by atoms with Crippen LogP contribution < -0.4 is 4.74 Å². The molecule has 1 fully saturated rings. The van der Waals surface area contributed by atoms with Crippen molar-refractivity contribution in [1.82, 2.24) is 0 Å². The van der Waals surface area contributed by atoms with Crippen molar-refractivity contribution in [3.8, 4) is 5.75 Å². The van der Waals surface area contributed by atoms with Crippen molar-refractivity contribution < 1.29 is 19.6 Å². The summed E-state index contributed by atoms with van der Waals surface area (Å²) in [4.78, 5) is 21.2. The molecule has 1 N–H and O–H groups in total. The number of non-ortho nitro benzene ring substituents is 1. The number of rotatable bonds is 4. The Kier molecular flexibility index (Phi) is 3.99. The zero-order valence-electron chi connectivity index (χ0n) is 10.4. The fourth-order valence-corrected chi connectivity index (χ4v) is 2.26. The van der Waals surface area contributed by atoms with Crippen LogP contribution in [0, 0.1) is 10.1 Å². The number of carboxylic acids is 1. The van der Waals surface area contributed by atoms with Gasteiger partial charge in [0.15, 0.2) is 0 Å². The van der Waals surface area contributed by atoms with Gasteiger partial charge in [-0.25, -0.2) is 4.79 Å². The summed E-state index contributed by atoms with van der Waals surface area (Å²) in [5, 5.41) is 19.7. The summed E-state index contributed by atoms with van der Waals surface area (Å²) in [6, 6.07) is 3.68. The number of ether oxygens (including phenoxy) is 1. The fourth-order valence-electron chi connectivity index (χ4n) is 2.26. The van der Waals surface area contributed by atoms with Gasteiger partial charge in [0.25, 0.3) is 5.69 Å². The first-order chi connectivity index (χ1) is 9.08. The number of carbonyl (C=O) groups is 1. The number of nitro groups is 1. The highest BCUT2D eigenvalue weighted by atomic mass is 16.6. The van der Waals surface area contributed by atoms with E-state index in [-0.39, 0.29) is 23.1 Å². The SMILES string of the molecule is O=C(O)c1cc([N+](=O)[O-])ccc1OC1CCCCC1. The first kappa shape index (κ1) is 13.3. The van der Waals surface area contributed by atoms with Gasteiger partial charge in [0.05, 0.1) is 11.0 Å². The minimum atomic E-state index is -1.21. The first-order valence-corrected chi connectivity index (χ1v) is 6.26. The van der Waals surface area contributed by atoms with E-state index in [1.54, 1.807) is 0 Å². The lowest BCUT2D eigenvalue weighted by Gasteiger charge is -2.23. The minimum Gasteiger partial charge on any atom is -0.490 e. The molecule has 1 aromatic carbocycles. The molecule has 0 atom stereocenters. The molecule has 2 rings (SSSR count). The maximum atomic E-state index is 11.1. The summed E-state index contributed by atoms with van der Waals surface area (Å²) in [6.07, 6.45) is 5.12. The van der Waals surface area contributed by atoms with Gasteiger partial charge in [0.1, 0.15) is 11.3 Å². The van der Waals surface area contributed by atoms with E-state index < -0.39 is 10.9 Å². The standard InChI is InChI=1S/C13H15NO5/c15-13(16)11-8-9(14(17)18)6-7-12(11)19-10-4-2-1-3-5-10/h6-8,10H,1-5H2,(H,15,16). The van der Waals surface area contributed by atoms with E-state index in [9.17, 15) is 14.9 Å². The lowest BCUT2D eigenvalue weighted by molar-refractivity contribution is -0.384. The van der Waals surface area contributed by atoms with Gasteiger partial charge in [-0.15, -0.1) is 0 Å². The summed E-state index contributed by atoms with van der Waals surface area (Å²) in [6.45, 7) is 0. The molecule has 19 heavy (non-hydrogen) atoms. The Morgan fingerprint density at radius 3 is 2.58 bits per heavy atom. The normalized spacial score (nSPS) is 16.0. The molecule has 1 aliphatic carbocycles. The lowest BCUT2D eigenvalue weighted by Crippen LogP contribution is -2.20. The van der Waals surface area contributed by atoms with Crippen molar-refractivity contribution in [2.75, 3.05) is 0 Å². The Morgan fingerprint density at radius 1 is 1.32 bits per heavy atom. The summed E-state index contributed by atoms with van der Waals surface area (Å²) in [7, 11) is 0. The van der Waals surface area contributed by atoms with Gasteiger partial charge in [0, 0.05) is 12.1 Å². The van der Waals surface area contributed by atoms with Gasteiger partial charge in [-0.05, 0) is 31.7 Å². The highest BCUT2D eigenvalue weighted by Crippen LogP contribution is 2.28. The molecule has 0 radical (unpaired) electrons. The maximum Gasteiger partial charge on any atom is 0.339 e. The van der Waals surface area contributed by atoms with Gasteiger partial charge in [-0.1, -0.05) is 6.42 Å². The number of aromatic carboxylic acids is 1. The number of nitrogens with zero attached hydrogens (tertiary/aromatic N) is 1. The second-order valence-corrected chi connectivity index (χ2v) is 4.62. The molecular formula is C13H15NO5. The first-order valence-electron chi connectivity index (χ1n) is 6.26. The average Bonchev–Trinajstić information content (AvgIpc) is 2.39. The number of benzene rings is 1. The molecule has 0 bridgehead atoms. The molecular weight excluding hydrogens is 250 g/mol. The van der Waals surface area contributed by atoms with Gasteiger partial charge < -0.3 is 9.84 Å². The van der Waals surface area contributed by atoms with Crippen LogP contribution in [0.5, 0.6) is 5.75 Å². The summed E-state index contributed by atoms with van der Waals surface area (Å²) in [5.41, 5.74) is -0.395. The Labute approximate surface area is 110 Å². The van der Waals surface area contributed by atoms with Crippen molar-refractivity contribution in [2.45, 2.75) is 38.2 Å². The maximum absolute atomic E-state index is 11.1. The zero-order valence-corrected chi connectivity index (χ0v) is 10.4. The van der Waals surface area contributed by atoms with Gasteiger partial charge in [0.2, 0.25) is 0 Å². The second kappa shape index (κ2) is 5.69. The quantitative estimate of drug-likeness (QED) is 0.667. The molecule has 0 saturated heterocycles. The Morgan fingerprint density at radius 2 is 2.00 bits per heavy atom. The molecule has 0 amide bonds. The third kappa shape index (κ3) is 3.21. The van der Waals surface area contributed by atoms with Gasteiger partial charge in [-0.3, -0.25) is 10.1 Å². The van der Waals surface area contributed by atoms with Crippen LogP contribution >= 0.6 is 0 Å². The molecule has 0 heterocycles. The van der Waals surface area contributed by atoms with Crippen molar-refractivity contribution >= 4 is 11.7 Å². The van der Waals surface area contributed by atoms with Crippen LogP contribution in [0.3, 0.4) is 0 Å². The molecule has 0 aromatic heterocycles. The van der Waals surface area contributed by atoms with Crippen LogP contribution in [0.1, 0.15) is 42.5 Å². The summed E-state index contributed by atoms with van der Waals surface area (Å²) in [5.74, 6) is -1.00. The molecule has 0 unspecified atom stereocenters. The van der Waals surface area contributed by atoms with Crippen molar-refractivity contribution in [1.29, 1.82) is 0 Å². The summed E-state index contributed by atoms with van der Waals surface area (Å²) >= 11 is 0. The molecule has 1 saturated carbocycles. The number of hydrogen-bond acceptors (Lipinski definition) is 4. The predicted octanol–water partition coefficient (Wildman–Crippen LogP) is 3.00. The van der Waals surface area contributed by atoms with E-state index in [0.717, 1.165) is 31.7 Å². The molecule has 1 aromatic rings. The zero-order chi connectivity index (χ0) is 13.8. The van der Waals surface area contributed by atoms with E-state index >= 15 is 0 Å². The Hall–Kier alpha value is -2.11. The topological polar surface area (TPSA) is 89.7 Å². The van der Waals surface area contributed by atoms with Crippen LogP contribution in [0.25, 0.3) is 0 Å². The van der Waals surface area contributed by atoms with E-state index in [4.69, 9.17) is 9.84 Å². The van der Waals surface area contributed by atoms with E-state index in [0.29, 0.717) is 0 Å². The minimum absolute atomic E-state index is 0.00769. The van der Waals surface area contributed by atoms with E-state index in [2.05, 4.69) is 0 Å². The molecule has 0 aliphatic heterocycles. The average molecular weight is 265 g/mol. The van der Waals surface area contributed by atoms with Crippen molar-refractivity contribution in [2.24, 2.45) is 0 Å². The monoisotopic (exact) mass is 265 g/mol. The Bertz CT molecular complexity index is 494. The summed E-state index contributed by atoms with van der Waals surface area (Å²) < 4.78 is 5.68. The largest absolute Gasteiger partial charge is 0.490 e. The van der Waals surface area contributed by atoms with Crippen LogP contribution in [-0.2, 0) is 0 Å². The smallest absolute Gasteiger partial charge is 0.339 e. The van der Waals surface area contributed by atoms with Crippen LogP contribution in [0.4, 0.5) is 5.69 Å². The van der Waals surface area contributed by atoms with E-state index in [1.165, 1.54) is 18.6 Å². The highest BCUT2D eigenvalue weighted by molar-refractivity contribution is 5.91. The van der Waals surface area contributed by atoms with Gasteiger partial charge in [-0.2, -0.15) is 0 Å². The molecule has 0 spiro atoms. The van der Waals surface area contributed by atoms with Crippen LogP contribution in [0.15, 0.2) is 18.2 Å². The van der Waals surface area contributed by atoms with Crippen LogP contribution in [0.2, 0.25) is 0 Å². The predicted molar refractivity (Wildman–Crippen MR) is 67.6 cm³/mol.